The molecule has 32 heavy (non-hydrogen) atoms. The van der Waals surface area contributed by atoms with E-state index in [1.54, 1.807) is 0 Å². The third-order valence-corrected chi connectivity index (χ3v) is 7.14. The number of carbonyl (C=O) groups is 1. The number of aromatic nitrogens is 2. The fourth-order valence-electron chi connectivity index (χ4n) is 4.57. The molecule has 164 valence electrons. The Bertz CT molecular complexity index is 1270. The van der Waals surface area contributed by atoms with Crippen LogP contribution >= 0.6 is 11.6 Å². The van der Waals surface area contributed by atoms with Gasteiger partial charge in [0.1, 0.15) is 0 Å². The van der Waals surface area contributed by atoms with Crippen molar-refractivity contribution in [3.8, 4) is 11.3 Å². The van der Waals surface area contributed by atoms with Crippen molar-refractivity contribution in [3.05, 3.63) is 76.0 Å². The van der Waals surface area contributed by atoms with Gasteiger partial charge in [-0.25, -0.2) is 4.98 Å². The lowest BCUT2D eigenvalue weighted by Crippen LogP contribution is -2.18. The molecule has 2 aliphatic rings. The molecule has 3 aromatic rings. The fourth-order valence-corrected chi connectivity index (χ4v) is 4.83. The van der Waals surface area contributed by atoms with E-state index in [1.165, 1.54) is 0 Å². The molecule has 6 heteroatoms. The number of aliphatic hydroxyl groups is 1. The number of carboxylic acids is 1. The minimum atomic E-state index is -0.781. The van der Waals surface area contributed by atoms with Gasteiger partial charge in [-0.2, -0.15) is 0 Å². The van der Waals surface area contributed by atoms with E-state index in [1.807, 2.05) is 43.3 Å². The van der Waals surface area contributed by atoms with Crippen LogP contribution < -0.4 is 0 Å². The maximum absolute atomic E-state index is 11.5. The Labute approximate surface area is 191 Å². The minimum Gasteiger partial charge on any atom is -0.481 e. The van der Waals surface area contributed by atoms with Crippen molar-refractivity contribution in [1.82, 2.24) is 9.97 Å². The Morgan fingerprint density at radius 3 is 2.62 bits per heavy atom. The zero-order valence-electron chi connectivity index (χ0n) is 17.9. The van der Waals surface area contributed by atoms with E-state index in [0.717, 1.165) is 57.5 Å². The molecule has 1 fully saturated rings. The van der Waals surface area contributed by atoms with Crippen LogP contribution in [0.2, 0.25) is 5.02 Å². The molecule has 1 atom stereocenters. The summed E-state index contributed by atoms with van der Waals surface area (Å²) in [6.07, 6.45) is 7.15. The number of benzene rings is 1. The lowest BCUT2D eigenvalue weighted by atomic mass is 9.86. The van der Waals surface area contributed by atoms with Gasteiger partial charge >= 0.3 is 5.97 Å². The van der Waals surface area contributed by atoms with Crippen molar-refractivity contribution >= 4 is 28.6 Å². The van der Waals surface area contributed by atoms with E-state index in [9.17, 15) is 15.0 Å². The summed E-state index contributed by atoms with van der Waals surface area (Å²) in [5.74, 6) is -1.24. The number of nitrogens with one attached hydrogen (secondary N) is 1. The first-order chi connectivity index (χ1) is 15.4. The number of aromatic amines is 1. The van der Waals surface area contributed by atoms with Gasteiger partial charge in [-0.1, -0.05) is 59.2 Å². The second-order valence-electron chi connectivity index (χ2n) is 9.07. The topological polar surface area (TPSA) is 86.2 Å². The van der Waals surface area contributed by atoms with Crippen molar-refractivity contribution in [1.29, 1.82) is 0 Å². The van der Waals surface area contributed by atoms with E-state index in [2.05, 4.69) is 17.1 Å². The second kappa shape index (κ2) is 7.91. The third-order valence-electron chi connectivity index (χ3n) is 6.85. The van der Waals surface area contributed by atoms with E-state index < -0.39 is 11.9 Å². The Morgan fingerprint density at radius 2 is 1.97 bits per heavy atom. The van der Waals surface area contributed by atoms with Crippen LogP contribution in [0.5, 0.6) is 0 Å². The molecule has 0 bridgehead atoms. The predicted octanol–water partition coefficient (Wildman–Crippen LogP) is 5.43. The molecule has 0 aliphatic heterocycles. The summed E-state index contributed by atoms with van der Waals surface area (Å²) in [5, 5.41) is 19.7. The molecular formula is C26H25ClN2O3. The predicted molar refractivity (Wildman–Crippen MR) is 126 cm³/mol. The van der Waals surface area contributed by atoms with Gasteiger partial charge in [0.15, 0.2) is 0 Å². The van der Waals surface area contributed by atoms with Crippen molar-refractivity contribution in [2.24, 2.45) is 5.92 Å². The Kier molecular flexibility index (Phi) is 5.19. The largest absolute Gasteiger partial charge is 0.481 e. The van der Waals surface area contributed by atoms with Gasteiger partial charge < -0.3 is 15.2 Å². The zero-order chi connectivity index (χ0) is 22.5. The number of pyridine rings is 1. The van der Waals surface area contributed by atoms with Crippen LogP contribution in [0.25, 0.3) is 22.3 Å². The maximum Gasteiger partial charge on any atom is 0.310 e. The summed E-state index contributed by atoms with van der Waals surface area (Å²) in [7, 11) is 0. The molecule has 1 aromatic carbocycles. The lowest BCUT2D eigenvalue weighted by Gasteiger charge is -2.19. The molecule has 2 heterocycles. The van der Waals surface area contributed by atoms with Crippen molar-refractivity contribution in [2.45, 2.75) is 38.0 Å². The molecular weight excluding hydrogens is 424 g/mol. The van der Waals surface area contributed by atoms with Gasteiger partial charge in [-0.3, -0.25) is 4.79 Å². The van der Waals surface area contributed by atoms with E-state index in [4.69, 9.17) is 16.6 Å². The van der Waals surface area contributed by atoms with Crippen molar-refractivity contribution in [3.63, 3.8) is 0 Å². The van der Waals surface area contributed by atoms with Crippen LogP contribution in [0, 0.1) is 5.92 Å². The highest BCUT2D eigenvalue weighted by Gasteiger charge is 2.43. The van der Waals surface area contributed by atoms with Gasteiger partial charge in [-0.05, 0) is 43.9 Å². The number of nitrogens with zero attached hydrogens (tertiary/aromatic N) is 1. The number of hydrogen-bond donors (Lipinski definition) is 3. The Morgan fingerprint density at radius 1 is 1.22 bits per heavy atom. The number of aliphatic hydroxyl groups excluding tert-OH is 1. The van der Waals surface area contributed by atoms with Crippen LogP contribution in [0.15, 0.2) is 59.7 Å². The normalized spacial score (nSPS) is 19.5. The van der Waals surface area contributed by atoms with Crippen LogP contribution in [-0.4, -0.2) is 32.8 Å². The van der Waals surface area contributed by atoms with Crippen LogP contribution in [-0.2, 0) is 16.6 Å². The van der Waals surface area contributed by atoms with Gasteiger partial charge in [0.05, 0.1) is 34.3 Å². The summed E-state index contributed by atoms with van der Waals surface area (Å²) >= 11 is 6.57. The highest BCUT2D eigenvalue weighted by atomic mass is 35.5. The second-order valence-corrected chi connectivity index (χ2v) is 9.48. The van der Waals surface area contributed by atoms with E-state index in [0.29, 0.717) is 17.9 Å². The zero-order valence-corrected chi connectivity index (χ0v) is 18.6. The minimum absolute atomic E-state index is 0.0591. The number of rotatable bonds is 6. The highest BCUT2D eigenvalue weighted by Crippen LogP contribution is 2.48. The van der Waals surface area contributed by atoms with Gasteiger partial charge in [0.2, 0.25) is 0 Å². The molecule has 2 aromatic heterocycles. The summed E-state index contributed by atoms with van der Waals surface area (Å²) in [6, 6.07) is 12.1. The SMILES string of the molecule is CC1=CC=C(Cc2cc3nc(-c4ccc(C5(CO)CC5)cc4)c(Cl)cc3[nH]2)CC1C(=O)O. The first kappa shape index (κ1) is 21.0. The molecule has 1 unspecified atom stereocenters. The van der Waals surface area contributed by atoms with Crippen LogP contribution in [0.4, 0.5) is 0 Å². The van der Waals surface area contributed by atoms with E-state index >= 15 is 0 Å². The monoisotopic (exact) mass is 448 g/mol. The molecule has 5 nitrogen and oxygen atoms in total. The molecule has 0 spiro atoms. The Balaban J connectivity index is 1.41. The van der Waals surface area contributed by atoms with Crippen molar-refractivity contribution < 1.29 is 15.0 Å². The van der Waals surface area contributed by atoms with Gasteiger partial charge in [0.25, 0.3) is 0 Å². The molecule has 3 N–H and O–H groups in total. The standard InChI is InChI=1S/C26H25ClN2O3/c1-15-2-3-16(11-20(15)25(31)32)10-19-12-22-23(28-19)13-21(27)24(29-22)17-4-6-18(7-5-17)26(14-30)8-9-26/h2-7,12-13,20,28,30H,8-11,14H2,1H3,(H,31,32). The Hall–Kier alpha value is -2.89. The van der Waals surface area contributed by atoms with Gasteiger partial charge in [-0.15, -0.1) is 0 Å². The van der Waals surface area contributed by atoms with Crippen molar-refractivity contribution in [2.75, 3.05) is 6.61 Å². The number of aliphatic carboxylic acids is 1. The average Bonchev–Trinajstić information content (AvgIpc) is 3.49. The quantitative estimate of drug-likeness (QED) is 0.469. The van der Waals surface area contributed by atoms with Crippen LogP contribution in [0.1, 0.15) is 37.4 Å². The smallest absolute Gasteiger partial charge is 0.310 e. The molecule has 0 radical (unpaired) electrons. The third kappa shape index (κ3) is 3.76. The number of H-pyrrole nitrogens is 1. The number of fused-ring (bicyclic) bond motifs is 1. The number of carboxylic acid groups (broad SMARTS) is 1. The first-order valence-electron chi connectivity index (χ1n) is 10.9. The van der Waals surface area contributed by atoms with Crippen LogP contribution in [0.3, 0.4) is 0 Å². The summed E-state index contributed by atoms with van der Waals surface area (Å²) < 4.78 is 0. The highest BCUT2D eigenvalue weighted by molar-refractivity contribution is 6.33. The number of hydrogen-bond acceptors (Lipinski definition) is 3. The molecule has 5 rings (SSSR count). The molecule has 2 aliphatic carbocycles. The van der Waals surface area contributed by atoms with Gasteiger partial charge in [0, 0.05) is 23.1 Å². The summed E-state index contributed by atoms with van der Waals surface area (Å²) in [4.78, 5) is 19.7. The first-order valence-corrected chi connectivity index (χ1v) is 11.3. The lowest BCUT2D eigenvalue weighted by molar-refractivity contribution is -0.140. The maximum atomic E-state index is 11.5. The fraction of sp³-hybridized carbons (Fsp3) is 0.308. The summed E-state index contributed by atoms with van der Waals surface area (Å²) in [6.45, 7) is 2.05. The molecule has 1 saturated carbocycles. The van der Waals surface area contributed by atoms with E-state index in [-0.39, 0.29) is 12.0 Å². The number of allylic oxidation sites excluding steroid dienone is 3. The molecule has 0 amide bonds. The average molecular weight is 449 g/mol. The number of halogens is 1. The summed E-state index contributed by atoms with van der Waals surface area (Å²) in [5.41, 5.74) is 7.41. The molecule has 0 saturated heterocycles.